The second kappa shape index (κ2) is 5.35. The first-order chi connectivity index (χ1) is 9.19. The number of rotatable bonds is 2. The van der Waals surface area contributed by atoms with Crippen LogP contribution in [-0.4, -0.2) is 32.7 Å². The monoisotopic (exact) mass is 296 g/mol. The molecule has 0 saturated carbocycles. The summed E-state index contributed by atoms with van der Waals surface area (Å²) in [5.41, 5.74) is 0.315. The lowest BCUT2D eigenvalue weighted by Gasteiger charge is -2.39. The van der Waals surface area contributed by atoms with Crippen molar-refractivity contribution in [2.45, 2.75) is 38.5 Å². The summed E-state index contributed by atoms with van der Waals surface area (Å²) in [6.07, 6.45) is 5.09. The molecule has 4 nitrogen and oxygen atoms in total. The van der Waals surface area contributed by atoms with Gasteiger partial charge < -0.3 is 4.90 Å². The van der Waals surface area contributed by atoms with Crippen LogP contribution in [-0.2, 0) is 9.84 Å². The second-order valence-corrected chi connectivity index (χ2v) is 8.71. The summed E-state index contributed by atoms with van der Waals surface area (Å²) < 4.78 is 23.7. The normalized spacial score (nSPS) is 18.3. The molecule has 112 valence electrons. The lowest BCUT2D eigenvalue weighted by molar-refractivity contribution is 0.198. The summed E-state index contributed by atoms with van der Waals surface area (Å²) in [5, 5.41) is 0. The van der Waals surface area contributed by atoms with Crippen molar-refractivity contribution in [1.29, 1.82) is 0 Å². The summed E-state index contributed by atoms with van der Waals surface area (Å²) in [4.78, 5) is 6.75. The Bertz CT molecular complexity index is 568. The number of anilines is 1. The van der Waals surface area contributed by atoms with E-state index in [-0.39, 0.29) is 0 Å². The lowest BCUT2D eigenvalue weighted by atomic mass is 9.75. The SMILES string of the molecule is CC(C)(C)C1CCN(c2ncccc2S(C)(=O)=O)CC1. The van der Waals surface area contributed by atoms with Crippen LogP contribution in [0.3, 0.4) is 0 Å². The molecule has 2 heterocycles. The van der Waals surface area contributed by atoms with Gasteiger partial charge in [0.2, 0.25) is 0 Å². The summed E-state index contributed by atoms with van der Waals surface area (Å²) in [6, 6.07) is 3.33. The van der Waals surface area contributed by atoms with E-state index in [0.29, 0.717) is 22.0 Å². The molecule has 0 aliphatic carbocycles. The third kappa shape index (κ3) is 3.32. The first-order valence-corrected chi connectivity index (χ1v) is 8.99. The molecule has 0 amide bonds. The standard InChI is InChI=1S/C15H24N2O2S/c1-15(2,3)12-7-10-17(11-8-12)14-13(20(4,18)19)6-5-9-16-14/h5-6,9,12H,7-8,10-11H2,1-4H3. The summed E-state index contributed by atoms with van der Waals surface area (Å²) in [7, 11) is -3.23. The van der Waals surface area contributed by atoms with Gasteiger partial charge in [-0.15, -0.1) is 0 Å². The van der Waals surface area contributed by atoms with E-state index in [1.165, 1.54) is 6.26 Å². The summed E-state index contributed by atoms with van der Waals surface area (Å²) in [6.45, 7) is 8.57. The smallest absolute Gasteiger partial charge is 0.179 e. The Hall–Kier alpha value is -1.10. The molecule has 0 radical (unpaired) electrons. The van der Waals surface area contributed by atoms with E-state index < -0.39 is 9.84 Å². The number of pyridine rings is 1. The van der Waals surface area contributed by atoms with Crippen LogP contribution in [0.2, 0.25) is 0 Å². The van der Waals surface area contributed by atoms with Crippen LogP contribution in [0.1, 0.15) is 33.6 Å². The van der Waals surface area contributed by atoms with Crippen LogP contribution in [0.25, 0.3) is 0 Å². The van der Waals surface area contributed by atoms with Crippen molar-refractivity contribution in [2.24, 2.45) is 11.3 Å². The minimum absolute atomic E-state index is 0.315. The van der Waals surface area contributed by atoms with Crippen LogP contribution >= 0.6 is 0 Å². The Morgan fingerprint density at radius 3 is 2.35 bits per heavy atom. The molecular formula is C15H24N2O2S. The van der Waals surface area contributed by atoms with Gasteiger partial charge in [-0.3, -0.25) is 0 Å². The van der Waals surface area contributed by atoms with Crippen molar-refractivity contribution in [2.75, 3.05) is 24.2 Å². The zero-order valence-electron chi connectivity index (χ0n) is 12.8. The molecule has 1 aliphatic rings. The second-order valence-electron chi connectivity index (χ2n) is 6.72. The largest absolute Gasteiger partial charge is 0.356 e. The Morgan fingerprint density at radius 2 is 1.85 bits per heavy atom. The lowest BCUT2D eigenvalue weighted by Crippen LogP contribution is -2.39. The van der Waals surface area contributed by atoms with Gasteiger partial charge >= 0.3 is 0 Å². The minimum atomic E-state index is -3.23. The summed E-state index contributed by atoms with van der Waals surface area (Å²) in [5.74, 6) is 1.30. The van der Waals surface area contributed by atoms with Crippen molar-refractivity contribution in [3.63, 3.8) is 0 Å². The van der Waals surface area contributed by atoms with Gasteiger partial charge in [-0.1, -0.05) is 20.8 Å². The van der Waals surface area contributed by atoms with Gasteiger partial charge in [0.1, 0.15) is 10.7 Å². The van der Waals surface area contributed by atoms with Crippen LogP contribution in [0.15, 0.2) is 23.2 Å². The van der Waals surface area contributed by atoms with Gasteiger partial charge in [-0.2, -0.15) is 0 Å². The topological polar surface area (TPSA) is 50.3 Å². The number of hydrogen-bond acceptors (Lipinski definition) is 4. The summed E-state index contributed by atoms with van der Waals surface area (Å²) >= 11 is 0. The molecule has 20 heavy (non-hydrogen) atoms. The third-order valence-corrected chi connectivity index (χ3v) is 5.29. The molecule has 1 fully saturated rings. The van der Waals surface area contributed by atoms with Crippen molar-refractivity contribution < 1.29 is 8.42 Å². The Labute approximate surface area is 122 Å². The number of piperidine rings is 1. The van der Waals surface area contributed by atoms with Crippen LogP contribution in [0, 0.1) is 11.3 Å². The maximum atomic E-state index is 11.9. The van der Waals surface area contributed by atoms with Crippen LogP contribution in [0.4, 0.5) is 5.82 Å². The average Bonchev–Trinajstić information content (AvgIpc) is 2.37. The molecule has 1 saturated heterocycles. The zero-order valence-corrected chi connectivity index (χ0v) is 13.6. The molecule has 1 aromatic heterocycles. The van der Waals surface area contributed by atoms with E-state index in [2.05, 4.69) is 30.7 Å². The van der Waals surface area contributed by atoms with E-state index in [9.17, 15) is 8.42 Å². The Kier molecular flexibility index (Phi) is 4.09. The number of aromatic nitrogens is 1. The average molecular weight is 296 g/mol. The van der Waals surface area contributed by atoms with Gasteiger partial charge in [0.25, 0.3) is 0 Å². The Balaban J connectivity index is 2.20. The predicted molar refractivity (Wildman–Crippen MR) is 81.7 cm³/mol. The number of nitrogens with zero attached hydrogens (tertiary/aromatic N) is 2. The minimum Gasteiger partial charge on any atom is -0.356 e. The highest BCUT2D eigenvalue weighted by Gasteiger charge is 2.30. The van der Waals surface area contributed by atoms with Crippen molar-refractivity contribution in [3.8, 4) is 0 Å². The molecule has 0 aromatic carbocycles. The van der Waals surface area contributed by atoms with Crippen molar-refractivity contribution in [1.82, 2.24) is 4.98 Å². The highest BCUT2D eigenvalue weighted by Crippen LogP contribution is 2.36. The molecule has 1 aliphatic heterocycles. The van der Waals surface area contributed by atoms with E-state index in [0.717, 1.165) is 25.9 Å². The molecule has 0 unspecified atom stereocenters. The molecule has 0 spiro atoms. The van der Waals surface area contributed by atoms with E-state index in [1.807, 2.05) is 0 Å². The van der Waals surface area contributed by atoms with Gasteiger partial charge in [0, 0.05) is 25.5 Å². The molecule has 0 atom stereocenters. The highest BCUT2D eigenvalue weighted by molar-refractivity contribution is 7.90. The van der Waals surface area contributed by atoms with Crippen LogP contribution in [0.5, 0.6) is 0 Å². The predicted octanol–water partition coefficient (Wildman–Crippen LogP) is 2.75. The quantitative estimate of drug-likeness (QED) is 0.842. The first kappa shape index (κ1) is 15.3. The number of sulfone groups is 1. The fourth-order valence-corrected chi connectivity index (χ4v) is 3.71. The zero-order chi connectivity index (χ0) is 15.0. The fraction of sp³-hybridized carbons (Fsp3) is 0.667. The first-order valence-electron chi connectivity index (χ1n) is 7.09. The van der Waals surface area contributed by atoms with Gasteiger partial charge in [0.15, 0.2) is 9.84 Å². The maximum Gasteiger partial charge on any atom is 0.179 e. The fourth-order valence-electron chi connectivity index (χ4n) is 2.87. The number of hydrogen-bond donors (Lipinski definition) is 0. The van der Waals surface area contributed by atoms with Gasteiger partial charge in [-0.25, -0.2) is 13.4 Å². The maximum absolute atomic E-state index is 11.9. The van der Waals surface area contributed by atoms with E-state index in [4.69, 9.17) is 0 Å². The van der Waals surface area contributed by atoms with Crippen molar-refractivity contribution in [3.05, 3.63) is 18.3 Å². The highest BCUT2D eigenvalue weighted by atomic mass is 32.2. The molecule has 0 bridgehead atoms. The Morgan fingerprint density at radius 1 is 1.25 bits per heavy atom. The molecular weight excluding hydrogens is 272 g/mol. The molecule has 2 rings (SSSR count). The van der Waals surface area contributed by atoms with E-state index in [1.54, 1.807) is 18.3 Å². The van der Waals surface area contributed by atoms with Crippen molar-refractivity contribution >= 4 is 15.7 Å². The third-order valence-electron chi connectivity index (χ3n) is 4.17. The van der Waals surface area contributed by atoms with Gasteiger partial charge in [-0.05, 0) is 36.3 Å². The molecule has 5 heteroatoms. The van der Waals surface area contributed by atoms with E-state index >= 15 is 0 Å². The molecule has 1 aromatic rings. The van der Waals surface area contributed by atoms with Gasteiger partial charge in [0.05, 0.1) is 0 Å². The van der Waals surface area contributed by atoms with Crippen LogP contribution < -0.4 is 4.90 Å². The molecule has 0 N–H and O–H groups in total.